The normalized spacial score (nSPS) is 11.5. The van der Waals surface area contributed by atoms with Gasteiger partial charge in [-0.2, -0.15) is 0 Å². The van der Waals surface area contributed by atoms with E-state index in [0.29, 0.717) is 5.92 Å². The summed E-state index contributed by atoms with van der Waals surface area (Å²) in [7, 11) is 0. The Morgan fingerprint density at radius 2 is 1.89 bits per heavy atom. The van der Waals surface area contributed by atoms with Gasteiger partial charge in [0.05, 0.1) is 5.69 Å². The van der Waals surface area contributed by atoms with Crippen molar-refractivity contribution in [3.05, 3.63) is 11.9 Å². The zero-order valence-corrected chi connectivity index (χ0v) is 12.7. The van der Waals surface area contributed by atoms with Crippen molar-refractivity contribution in [2.75, 3.05) is 11.9 Å². The molecule has 1 aromatic heterocycles. The van der Waals surface area contributed by atoms with Gasteiger partial charge in [0.15, 0.2) is 0 Å². The molecule has 3 heteroatoms. The molecule has 0 saturated heterocycles. The van der Waals surface area contributed by atoms with E-state index in [0.717, 1.165) is 30.6 Å². The summed E-state index contributed by atoms with van der Waals surface area (Å²) < 4.78 is 2.26. The van der Waals surface area contributed by atoms with Crippen molar-refractivity contribution < 1.29 is 0 Å². The zero-order chi connectivity index (χ0) is 13.5. The van der Waals surface area contributed by atoms with Crippen molar-refractivity contribution in [1.82, 2.24) is 9.55 Å². The van der Waals surface area contributed by atoms with Crippen molar-refractivity contribution in [3.8, 4) is 0 Å². The van der Waals surface area contributed by atoms with E-state index < -0.39 is 0 Å². The molecule has 0 saturated carbocycles. The molecule has 0 aliphatic carbocycles. The molecule has 0 radical (unpaired) electrons. The van der Waals surface area contributed by atoms with Gasteiger partial charge in [0.25, 0.3) is 0 Å². The molecule has 0 atom stereocenters. The van der Waals surface area contributed by atoms with Gasteiger partial charge in [-0.3, -0.25) is 0 Å². The molecule has 0 aromatic carbocycles. The Kier molecular flexibility index (Phi) is 6.23. The molecule has 0 amide bonds. The third-order valence-electron chi connectivity index (χ3n) is 3.00. The second-order valence-electron chi connectivity index (χ2n) is 6.06. The SMILES string of the molecule is Cc1cn(CCCCC(C)C)c(NCC(C)C)n1. The maximum absolute atomic E-state index is 4.55. The first-order valence-corrected chi connectivity index (χ1v) is 7.26. The molecule has 1 aromatic rings. The molecule has 104 valence electrons. The van der Waals surface area contributed by atoms with E-state index >= 15 is 0 Å². The highest BCUT2D eigenvalue weighted by atomic mass is 15.2. The summed E-state index contributed by atoms with van der Waals surface area (Å²) >= 11 is 0. The van der Waals surface area contributed by atoms with Crippen LogP contribution in [0.4, 0.5) is 5.95 Å². The number of aryl methyl sites for hydroxylation is 2. The van der Waals surface area contributed by atoms with Gasteiger partial charge in [-0.15, -0.1) is 0 Å². The predicted octanol–water partition coefficient (Wildman–Crippen LogP) is 4.09. The van der Waals surface area contributed by atoms with Gasteiger partial charge in [-0.25, -0.2) is 4.98 Å². The summed E-state index contributed by atoms with van der Waals surface area (Å²) in [4.78, 5) is 4.55. The minimum absolute atomic E-state index is 0.649. The van der Waals surface area contributed by atoms with Crippen LogP contribution in [0.1, 0.15) is 52.7 Å². The van der Waals surface area contributed by atoms with Gasteiger partial charge in [-0.05, 0) is 25.2 Å². The topological polar surface area (TPSA) is 29.9 Å². The van der Waals surface area contributed by atoms with Gasteiger partial charge in [0.2, 0.25) is 5.95 Å². The van der Waals surface area contributed by atoms with Crippen LogP contribution in [-0.4, -0.2) is 16.1 Å². The third-order valence-corrected chi connectivity index (χ3v) is 3.00. The third kappa shape index (κ3) is 5.56. The number of nitrogens with one attached hydrogen (secondary N) is 1. The van der Waals surface area contributed by atoms with E-state index in [9.17, 15) is 0 Å². The Bertz CT molecular complexity index is 340. The average Bonchev–Trinajstić information content (AvgIpc) is 2.62. The quantitative estimate of drug-likeness (QED) is 0.705. The smallest absolute Gasteiger partial charge is 0.203 e. The molecule has 0 fully saturated rings. The number of aromatic nitrogens is 2. The molecule has 0 spiro atoms. The fourth-order valence-corrected chi connectivity index (χ4v) is 1.99. The van der Waals surface area contributed by atoms with Crippen LogP contribution in [0, 0.1) is 18.8 Å². The van der Waals surface area contributed by atoms with Crippen LogP contribution in [0.2, 0.25) is 0 Å². The molecular formula is C15H29N3. The standard InChI is InChI=1S/C15H29N3/c1-12(2)8-6-7-9-18-11-14(5)17-15(18)16-10-13(3)4/h11-13H,6-10H2,1-5H3,(H,16,17). The summed E-state index contributed by atoms with van der Waals surface area (Å²) in [6, 6.07) is 0. The lowest BCUT2D eigenvalue weighted by atomic mass is 10.1. The maximum Gasteiger partial charge on any atom is 0.203 e. The summed E-state index contributed by atoms with van der Waals surface area (Å²) in [5, 5.41) is 3.44. The van der Waals surface area contributed by atoms with Crippen LogP contribution < -0.4 is 5.32 Å². The molecule has 0 aliphatic heterocycles. The molecule has 0 aliphatic rings. The maximum atomic E-state index is 4.55. The minimum Gasteiger partial charge on any atom is -0.355 e. The van der Waals surface area contributed by atoms with Crippen LogP contribution in [0.15, 0.2) is 6.20 Å². The summed E-state index contributed by atoms with van der Waals surface area (Å²) in [6.07, 6.45) is 6.02. The van der Waals surface area contributed by atoms with Crippen LogP contribution in [0.5, 0.6) is 0 Å². The number of nitrogens with zero attached hydrogens (tertiary/aromatic N) is 2. The van der Waals surface area contributed by atoms with Crippen molar-refractivity contribution in [2.24, 2.45) is 11.8 Å². The van der Waals surface area contributed by atoms with Crippen LogP contribution in [0.3, 0.4) is 0 Å². The molecule has 3 nitrogen and oxygen atoms in total. The van der Waals surface area contributed by atoms with Gasteiger partial charge in [-0.1, -0.05) is 40.5 Å². The Morgan fingerprint density at radius 3 is 2.50 bits per heavy atom. The molecule has 0 unspecified atom stereocenters. The molecule has 0 bridgehead atoms. The molecular weight excluding hydrogens is 222 g/mol. The molecule has 1 N–H and O–H groups in total. The molecule has 1 rings (SSSR count). The number of anilines is 1. The largest absolute Gasteiger partial charge is 0.355 e. The Labute approximate surface area is 112 Å². The monoisotopic (exact) mass is 251 g/mol. The van der Waals surface area contributed by atoms with Crippen molar-refractivity contribution in [2.45, 2.75) is 60.4 Å². The Balaban J connectivity index is 2.43. The highest BCUT2D eigenvalue weighted by molar-refractivity contribution is 5.28. The summed E-state index contributed by atoms with van der Waals surface area (Å²) in [5.41, 5.74) is 1.10. The lowest BCUT2D eigenvalue weighted by Gasteiger charge is -2.11. The average molecular weight is 251 g/mol. The fourth-order valence-electron chi connectivity index (χ4n) is 1.99. The lowest BCUT2D eigenvalue weighted by Crippen LogP contribution is -2.12. The van der Waals surface area contributed by atoms with Crippen molar-refractivity contribution in [1.29, 1.82) is 0 Å². The Morgan fingerprint density at radius 1 is 1.17 bits per heavy atom. The van der Waals surface area contributed by atoms with Crippen molar-refractivity contribution >= 4 is 5.95 Å². The van der Waals surface area contributed by atoms with E-state index in [-0.39, 0.29) is 0 Å². The highest BCUT2D eigenvalue weighted by Gasteiger charge is 2.05. The second-order valence-corrected chi connectivity index (χ2v) is 6.06. The number of hydrogen-bond acceptors (Lipinski definition) is 2. The first kappa shape index (κ1) is 15.1. The van der Waals surface area contributed by atoms with Crippen LogP contribution in [-0.2, 0) is 6.54 Å². The van der Waals surface area contributed by atoms with E-state index in [2.05, 4.69) is 55.7 Å². The fraction of sp³-hybridized carbons (Fsp3) is 0.800. The number of hydrogen-bond donors (Lipinski definition) is 1. The van der Waals surface area contributed by atoms with Gasteiger partial charge in [0.1, 0.15) is 0 Å². The lowest BCUT2D eigenvalue weighted by molar-refractivity contribution is 0.510. The van der Waals surface area contributed by atoms with Gasteiger partial charge in [0, 0.05) is 19.3 Å². The highest BCUT2D eigenvalue weighted by Crippen LogP contribution is 2.13. The van der Waals surface area contributed by atoms with E-state index in [1.165, 1.54) is 19.3 Å². The molecule has 1 heterocycles. The zero-order valence-electron chi connectivity index (χ0n) is 12.7. The van der Waals surface area contributed by atoms with Gasteiger partial charge < -0.3 is 9.88 Å². The van der Waals surface area contributed by atoms with E-state index in [1.807, 2.05) is 0 Å². The number of rotatable bonds is 8. The predicted molar refractivity (Wildman–Crippen MR) is 79.0 cm³/mol. The Hall–Kier alpha value is -0.990. The first-order valence-electron chi connectivity index (χ1n) is 7.26. The summed E-state index contributed by atoms with van der Waals surface area (Å²) in [6.45, 7) is 13.1. The van der Waals surface area contributed by atoms with E-state index in [1.54, 1.807) is 0 Å². The first-order chi connectivity index (χ1) is 8.49. The number of imidazole rings is 1. The molecule has 18 heavy (non-hydrogen) atoms. The minimum atomic E-state index is 0.649. The van der Waals surface area contributed by atoms with Crippen LogP contribution in [0.25, 0.3) is 0 Å². The summed E-state index contributed by atoms with van der Waals surface area (Å²) in [5.74, 6) is 2.50. The van der Waals surface area contributed by atoms with Gasteiger partial charge >= 0.3 is 0 Å². The van der Waals surface area contributed by atoms with E-state index in [4.69, 9.17) is 0 Å². The number of unbranched alkanes of at least 4 members (excludes halogenated alkanes) is 1. The van der Waals surface area contributed by atoms with Crippen molar-refractivity contribution in [3.63, 3.8) is 0 Å². The second kappa shape index (κ2) is 7.45. The van der Waals surface area contributed by atoms with Crippen LogP contribution >= 0.6 is 0 Å².